The van der Waals surface area contributed by atoms with E-state index in [4.69, 9.17) is 6.42 Å². The van der Waals surface area contributed by atoms with E-state index in [0.717, 1.165) is 18.1 Å². The molecule has 0 saturated heterocycles. The summed E-state index contributed by atoms with van der Waals surface area (Å²) < 4.78 is 0. The van der Waals surface area contributed by atoms with E-state index in [9.17, 15) is 0 Å². The van der Waals surface area contributed by atoms with Crippen LogP contribution in [-0.4, -0.2) is 38.1 Å². The summed E-state index contributed by atoms with van der Waals surface area (Å²) in [6.07, 6.45) is 5.22. The fraction of sp³-hybridized carbons (Fsp3) is 0.429. The first-order valence-electron chi connectivity index (χ1n) is 6.26. The van der Waals surface area contributed by atoms with Crippen LogP contribution in [0, 0.1) is 12.3 Å². The van der Waals surface area contributed by atoms with Gasteiger partial charge in [-0.15, -0.1) is 6.42 Å². The first kappa shape index (κ1) is 14.8. The fourth-order valence-electron chi connectivity index (χ4n) is 1.44. The van der Waals surface area contributed by atoms with Crippen molar-refractivity contribution >= 4 is 11.8 Å². The number of anilines is 1. The zero-order chi connectivity index (χ0) is 14.1. The molecule has 0 saturated carbocycles. The molecule has 1 aromatic rings. The van der Waals surface area contributed by atoms with Crippen molar-refractivity contribution in [1.82, 2.24) is 15.6 Å². The molecule has 0 amide bonds. The second-order valence-electron chi connectivity index (χ2n) is 4.13. The van der Waals surface area contributed by atoms with Gasteiger partial charge in [-0.3, -0.25) is 0 Å². The van der Waals surface area contributed by atoms with E-state index in [2.05, 4.69) is 26.5 Å². The summed E-state index contributed by atoms with van der Waals surface area (Å²) in [4.78, 5) is 10.9. The lowest BCUT2D eigenvalue weighted by molar-refractivity contribution is 0.855. The maximum Gasteiger partial charge on any atom is 0.192 e. The zero-order valence-corrected chi connectivity index (χ0v) is 11.8. The molecule has 19 heavy (non-hydrogen) atoms. The van der Waals surface area contributed by atoms with Crippen molar-refractivity contribution in [1.29, 1.82) is 0 Å². The van der Waals surface area contributed by atoms with Gasteiger partial charge in [-0.2, -0.15) is 0 Å². The number of terminal acetylenes is 1. The molecular formula is C14H21N5. The molecule has 0 unspecified atom stereocenters. The Balaban J connectivity index is 2.71. The van der Waals surface area contributed by atoms with Crippen molar-refractivity contribution < 1.29 is 0 Å². The van der Waals surface area contributed by atoms with E-state index in [0.29, 0.717) is 19.0 Å². The molecule has 0 radical (unpaired) electrons. The smallest absolute Gasteiger partial charge is 0.192 e. The predicted molar refractivity (Wildman–Crippen MR) is 80.2 cm³/mol. The molecule has 1 heterocycles. The number of guanidine groups is 1. The normalized spacial score (nSPS) is 10.7. The van der Waals surface area contributed by atoms with Gasteiger partial charge in [-0.05, 0) is 19.1 Å². The second kappa shape index (κ2) is 7.98. The summed E-state index contributed by atoms with van der Waals surface area (Å²) in [6.45, 7) is 3.78. The van der Waals surface area contributed by atoms with E-state index in [1.807, 2.05) is 44.1 Å². The SMILES string of the molecule is C#CCNC(=NCc1cccc(N(C)C)n1)NCC. The third-order valence-corrected chi connectivity index (χ3v) is 2.35. The number of aliphatic imine (C=N–C) groups is 1. The highest BCUT2D eigenvalue weighted by molar-refractivity contribution is 5.79. The minimum Gasteiger partial charge on any atom is -0.363 e. The average Bonchev–Trinajstić information content (AvgIpc) is 2.42. The standard InChI is InChI=1S/C14H21N5/c1-5-10-16-14(15-6-2)17-11-12-8-7-9-13(18-12)19(3)4/h1,7-9H,6,10-11H2,2-4H3,(H2,15,16,17). The van der Waals surface area contributed by atoms with Crippen LogP contribution in [0.2, 0.25) is 0 Å². The third kappa shape index (κ3) is 5.30. The van der Waals surface area contributed by atoms with Crippen LogP contribution in [0.25, 0.3) is 0 Å². The lowest BCUT2D eigenvalue weighted by Gasteiger charge is -2.12. The van der Waals surface area contributed by atoms with Crippen molar-refractivity contribution in [3.8, 4) is 12.3 Å². The summed E-state index contributed by atoms with van der Waals surface area (Å²) in [5.41, 5.74) is 0.920. The Morgan fingerprint density at radius 1 is 1.42 bits per heavy atom. The van der Waals surface area contributed by atoms with Crippen LogP contribution in [0.4, 0.5) is 5.82 Å². The van der Waals surface area contributed by atoms with Crippen LogP contribution < -0.4 is 15.5 Å². The van der Waals surface area contributed by atoms with Crippen molar-refractivity contribution in [2.45, 2.75) is 13.5 Å². The van der Waals surface area contributed by atoms with Gasteiger partial charge in [-0.25, -0.2) is 9.98 Å². The van der Waals surface area contributed by atoms with Crippen molar-refractivity contribution in [3.63, 3.8) is 0 Å². The maximum absolute atomic E-state index is 5.22. The summed E-state index contributed by atoms with van der Waals surface area (Å²) in [5.74, 6) is 4.16. The molecule has 5 nitrogen and oxygen atoms in total. The Bertz CT molecular complexity index is 459. The molecular weight excluding hydrogens is 238 g/mol. The van der Waals surface area contributed by atoms with E-state index >= 15 is 0 Å². The van der Waals surface area contributed by atoms with Crippen molar-refractivity contribution in [2.75, 3.05) is 32.1 Å². The number of nitrogens with zero attached hydrogens (tertiary/aromatic N) is 3. The summed E-state index contributed by atoms with van der Waals surface area (Å²) in [7, 11) is 3.93. The Labute approximate surface area is 115 Å². The Morgan fingerprint density at radius 3 is 2.84 bits per heavy atom. The van der Waals surface area contributed by atoms with Crippen molar-refractivity contribution in [2.24, 2.45) is 4.99 Å². The van der Waals surface area contributed by atoms with Crippen LogP contribution in [0.1, 0.15) is 12.6 Å². The summed E-state index contributed by atoms with van der Waals surface area (Å²) in [6, 6.07) is 5.91. The number of nitrogens with one attached hydrogen (secondary N) is 2. The molecule has 0 aliphatic rings. The number of hydrogen-bond donors (Lipinski definition) is 2. The largest absolute Gasteiger partial charge is 0.363 e. The van der Waals surface area contributed by atoms with Gasteiger partial charge in [0.1, 0.15) is 5.82 Å². The molecule has 1 rings (SSSR count). The molecule has 0 aliphatic heterocycles. The van der Waals surface area contributed by atoms with E-state index < -0.39 is 0 Å². The van der Waals surface area contributed by atoms with Crippen LogP contribution in [0.3, 0.4) is 0 Å². The van der Waals surface area contributed by atoms with E-state index in [1.165, 1.54) is 0 Å². The minimum atomic E-state index is 0.455. The van der Waals surface area contributed by atoms with Gasteiger partial charge >= 0.3 is 0 Å². The fourth-order valence-corrected chi connectivity index (χ4v) is 1.44. The first-order chi connectivity index (χ1) is 9.17. The van der Waals surface area contributed by atoms with E-state index in [-0.39, 0.29) is 0 Å². The highest BCUT2D eigenvalue weighted by Gasteiger charge is 2.00. The van der Waals surface area contributed by atoms with Crippen LogP contribution in [0.15, 0.2) is 23.2 Å². The first-order valence-corrected chi connectivity index (χ1v) is 6.26. The highest BCUT2D eigenvalue weighted by Crippen LogP contribution is 2.08. The molecule has 0 atom stereocenters. The van der Waals surface area contributed by atoms with Crippen LogP contribution in [0.5, 0.6) is 0 Å². The molecule has 0 spiro atoms. The van der Waals surface area contributed by atoms with Gasteiger partial charge in [-0.1, -0.05) is 12.0 Å². The lowest BCUT2D eigenvalue weighted by atomic mass is 10.3. The maximum atomic E-state index is 5.22. The molecule has 0 fully saturated rings. The third-order valence-electron chi connectivity index (χ3n) is 2.35. The number of aromatic nitrogens is 1. The lowest BCUT2D eigenvalue weighted by Crippen LogP contribution is -2.37. The Hall–Kier alpha value is -2.22. The van der Waals surface area contributed by atoms with Gasteiger partial charge < -0.3 is 15.5 Å². The van der Waals surface area contributed by atoms with Crippen LogP contribution >= 0.6 is 0 Å². The van der Waals surface area contributed by atoms with Crippen LogP contribution in [-0.2, 0) is 6.54 Å². The Kier molecular flexibility index (Phi) is 6.23. The van der Waals surface area contributed by atoms with Crippen molar-refractivity contribution in [3.05, 3.63) is 23.9 Å². The quantitative estimate of drug-likeness (QED) is 0.467. The number of pyridine rings is 1. The van der Waals surface area contributed by atoms with Gasteiger partial charge in [0, 0.05) is 20.6 Å². The topological polar surface area (TPSA) is 52.6 Å². The summed E-state index contributed by atoms with van der Waals surface area (Å²) in [5, 5.41) is 6.17. The van der Waals surface area contributed by atoms with Gasteiger partial charge in [0.05, 0.1) is 18.8 Å². The van der Waals surface area contributed by atoms with Gasteiger partial charge in [0.15, 0.2) is 5.96 Å². The predicted octanol–water partition coefficient (Wildman–Crippen LogP) is 0.836. The summed E-state index contributed by atoms with van der Waals surface area (Å²) >= 11 is 0. The molecule has 1 aromatic heterocycles. The van der Waals surface area contributed by atoms with Gasteiger partial charge in [0.2, 0.25) is 0 Å². The Morgan fingerprint density at radius 2 is 2.21 bits per heavy atom. The number of rotatable bonds is 5. The number of hydrogen-bond acceptors (Lipinski definition) is 3. The van der Waals surface area contributed by atoms with E-state index in [1.54, 1.807) is 0 Å². The molecule has 0 aromatic carbocycles. The van der Waals surface area contributed by atoms with Gasteiger partial charge in [0.25, 0.3) is 0 Å². The molecule has 0 aliphatic carbocycles. The molecule has 5 heteroatoms. The average molecular weight is 259 g/mol. The molecule has 102 valence electrons. The minimum absolute atomic E-state index is 0.455. The highest BCUT2D eigenvalue weighted by atomic mass is 15.2. The molecule has 0 bridgehead atoms. The molecule has 2 N–H and O–H groups in total. The zero-order valence-electron chi connectivity index (χ0n) is 11.8. The second-order valence-corrected chi connectivity index (χ2v) is 4.13. The monoisotopic (exact) mass is 259 g/mol.